The highest BCUT2D eigenvalue weighted by molar-refractivity contribution is 7.00. The summed E-state index contributed by atoms with van der Waals surface area (Å²) in [6.07, 6.45) is 2.51. The highest BCUT2D eigenvalue weighted by Gasteiger charge is 2.34. The monoisotopic (exact) mass is 246 g/mol. The molecule has 3 unspecified atom stereocenters. The summed E-state index contributed by atoms with van der Waals surface area (Å²) in [6.45, 7) is 1.63. The number of nitrogens with zero attached hydrogens (tertiary/aromatic N) is 2. The first kappa shape index (κ1) is 11.1. The van der Waals surface area contributed by atoms with Crippen molar-refractivity contribution in [3.63, 3.8) is 0 Å². The van der Waals surface area contributed by atoms with E-state index < -0.39 is 0 Å². The lowest BCUT2D eigenvalue weighted by molar-refractivity contribution is -0.121. The molecule has 1 fully saturated rings. The number of Topliss-reactive ketones (excluding diaryl/α,β-unsaturated/α-hetero) is 1. The van der Waals surface area contributed by atoms with Gasteiger partial charge in [-0.05, 0) is 26.2 Å². The number of hydrogen-bond acceptors (Lipinski definition) is 3. The summed E-state index contributed by atoms with van der Waals surface area (Å²) in [7, 11) is 0. The molecule has 15 heavy (non-hydrogen) atoms. The van der Waals surface area contributed by atoms with Crippen LogP contribution < -0.4 is 0 Å². The zero-order chi connectivity index (χ0) is 11.0. The molecule has 2 rings (SSSR count). The van der Waals surface area contributed by atoms with Gasteiger partial charge in [-0.3, -0.25) is 14.8 Å². The normalized spacial score (nSPS) is 35.3. The van der Waals surface area contributed by atoms with Gasteiger partial charge in [-0.2, -0.15) is 0 Å². The van der Waals surface area contributed by atoms with Crippen LogP contribution in [-0.4, -0.2) is 28.2 Å². The lowest BCUT2D eigenvalue weighted by atomic mass is 9.80. The van der Waals surface area contributed by atoms with Gasteiger partial charge in [0.05, 0.1) is 12.1 Å². The van der Waals surface area contributed by atoms with Gasteiger partial charge in [-0.25, -0.2) is 0 Å². The number of halogens is 2. The summed E-state index contributed by atoms with van der Waals surface area (Å²) in [6, 6.07) is 0.165. The second-order valence-electron chi connectivity index (χ2n) is 4.10. The molecule has 5 heteroatoms. The van der Waals surface area contributed by atoms with Gasteiger partial charge in [0.15, 0.2) is 10.3 Å². The standard InChI is InChI=1S/C10H12Cl2N2O/c1-5(15)6-2-3-7-8(4-6)14-10(12)9(11)13-7/h6-8H,2-4H2,1H3. The number of fused-ring (bicyclic) bond motifs is 1. The molecule has 0 spiro atoms. The summed E-state index contributed by atoms with van der Waals surface area (Å²) in [5.41, 5.74) is 0. The predicted molar refractivity (Wildman–Crippen MR) is 62.2 cm³/mol. The van der Waals surface area contributed by atoms with E-state index in [1.54, 1.807) is 6.92 Å². The summed E-state index contributed by atoms with van der Waals surface area (Å²) in [5, 5.41) is 0.585. The van der Waals surface area contributed by atoms with E-state index in [0.29, 0.717) is 5.17 Å². The quantitative estimate of drug-likeness (QED) is 0.701. The Balaban J connectivity index is 2.13. The van der Waals surface area contributed by atoms with Gasteiger partial charge in [-0.1, -0.05) is 23.2 Å². The van der Waals surface area contributed by atoms with Crippen LogP contribution in [0.4, 0.5) is 0 Å². The minimum absolute atomic E-state index is 0.0441. The molecular weight excluding hydrogens is 235 g/mol. The van der Waals surface area contributed by atoms with Crippen LogP contribution in [0.1, 0.15) is 26.2 Å². The van der Waals surface area contributed by atoms with Crippen LogP contribution in [-0.2, 0) is 4.79 Å². The van der Waals surface area contributed by atoms with Crippen molar-refractivity contribution in [2.75, 3.05) is 0 Å². The van der Waals surface area contributed by atoms with Crippen LogP contribution in [0.3, 0.4) is 0 Å². The molecule has 0 aromatic rings. The molecule has 82 valence electrons. The van der Waals surface area contributed by atoms with Crippen molar-refractivity contribution in [3.8, 4) is 0 Å². The number of ketones is 1. The van der Waals surface area contributed by atoms with Crippen molar-refractivity contribution in [3.05, 3.63) is 0 Å². The molecule has 1 heterocycles. The maximum absolute atomic E-state index is 11.3. The molecule has 1 aliphatic heterocycles. The van der Waals surface area contributed by atoms with Crippen LogP contribution >= 0.6 is 23.2 Å². The Labute approximate surface area is 98.6 Å². The topological polar surface area (TPSA) is 41.8 Å². The zero-order valence-corrected chi connectivity index (χ0v) is 9.92. The minimum atomic E-state index is 0.0441. The minimum Gasteiger partial charge on any atom is -0.300 e. The average Bonchev–Trinajstić information content (AvgIpc) is 2.19. The Kier molecular flexibility index (Phi) is 3.12. The van der Waals surface area contributed by atoms with Crippen molar-refractivity contribution in [2.45, 2.75) is 38.3 Å². The summed E-state index contributed by atoms with van der Waals surface area (Å²) >= 11 is 11.6. The second-order valence-corrected chi connectivity index (χ2v) is 4.81. The Morgan fingerprint density at radius 1 is 1.20 bits per heavy atom. The number of aliphatic imine (C=N–C) groups is 2. The van der Waals surface area contributed by atoms with Gasteiger partial charge in [0.2, 0.25) is 0 Å². The Bertz CT molecular complexity index is 351. The van der Waals surface area contributed by atoms with E-state index in [0.717, 1.165) is 19.3 Å². The van der Waals surface area contributed by atoms with E-state index >= 15 is 0 Å². The largest absolute Gasteiger partial charge is 0.300 e. The fourth-order valence-corrected chi connectivity index (χ4v) is 2.54. The van der Waals surface area contributed by atoms with Crippen LogP contribution in [0, 0.1) is 5.92 Å². The zero-order valence-electron chi connectivity index (χ0n) is 8.41. The molecule has 1 saturated carbocycles. The average molecular weight is 247 g/mol. The third-order valence-electron chi connectivity index (χ3n) is 3.08. The van der Waals surface area contributed by atoms with Crippen molar-refractivity contribution >= 4 is 39.3 Å². The third kappa shape index (κ3) is 2.23. The second kappa shape index (κ2) is 4.22. The Hall–Kier alpha value is -0.410. The molecular formula is C10H12Cl2N2O. The van der Waals surface area contributed by atoms with Crippen molar-refractivity contribution in [2.24, 2.45) is 15.9 Å². The highest BCUT2D eigenvalue weighted by Crippen LogP contribution is 2.32. The third-order valence-corrected chi connectivity index (χ3v) is 3.73. The van der Waals surface area contributed by atoms with E-state index in [4.69, 9.17) is 23.2 Å². The number of rotatable bonds is 1. The summed E-state index contributed by atoms with van der Waals surface area (Å²) in [5.74, 6) is 0.354. The van der Waals surface area contributed by atoms with Gasteiger partial charge >= 0.3 is 0 Å². The maximum atomic E-state index is 11.3. The number of carbonyl (C=O) groups is 1. The lowest BCUT2D eigenvalue weighted by Crippen LogP contribution is -2.37. The lowest BCUT2D eigenvalue weighted by Gasteiger charge is -2.32. The molecule has 3 atom stereocenters. The fourth-order valence-electron chi connectivity index (χ4n) is 2.19. The molecule has 0 radical (unpaired) electrons. The van der Waals surface area contributed by atoms with Gasteiger partial charge in [-0.15, -0.1) is 0 Å². The van der Waals surface area contributed by atoms with Crippen LogP contribution in [0.2, 0.25) is 0 Å². The highest BCUT2D eigenvalue weighted by atomic mass is 35.5. The molecule has 3 nitrogen and oxygen atoms in total. The molecule has 0 saturated heterocycles. The van der Waals surface area contributed by atoms with E-state index in [9.17, 15) is 4.79 Å². The first-order valence-corrected chi connectivity index (χ1v) is 5.81. The molecule has 0 amide bonds. The molecule has 0 aromatic carbocycles. The molecule has 0 N–H and O–H groups in total. The van der Waals surface area contributed by atoms with Crippen LogP contribution in [0.25, 0.3) is 0 Å². The van der Waals surface area contributed by atoms with E-state index in [1.807, 2.05) is 0 Å². The number of hydrogen-bond donors (Lipinski definition) is 0. The van der Waals surface area contributed by atoms with Crippen molar-refractivity contribution in [1.82, 2.24) is 0 Å². The van der Waals surface area contributed by atoms with Gasteiger partial charge < -0.3 is 0 Å². The van der Waals surface area contributed by atoms with Gasteiger partial charge in [0.25, 0.3) is 0 Å². The maximum Gasteiger partial charge on any atom is 0.161 e. The first-order chi connectivity index (χ1) is 7.08. The predicted octanol–water partition coefficient (Wildman–Crippen LogP) is 2.40. The van der Waals surface area contributed by atoms with Crippen molar-refractivity contribution < 1.29 is 4.79 Å². The Morgan fingerprint density at radius 2 is 1.80 bits per heavy atom. The van der Waals surface area contributed by atoms with Crippen LogP contribution in [0.5, 0.6) is 0 Å². The molecule has 2 aliphatic rings. The van der Waals surface area contributed by atoms with Gasteiger partial charge in [0.1, 0.15) is 5.78 Å². The van der Waals surface area contributed by atoms with E-state index in [1.165, 1.54) is 0 Å². The summed E-state index contributed by atoms with van der Waals surface area (Å²) in [4.78, 5) is 19.8. The molecule has 1 aliphatic carbocycles. The molecule has 0 aromatic heterocycles. The number of carbonyl (C=O) groups excluding carboxylic acids is 1. The van der Waals surface area contributed by atoms with E-state index in [2.05, 4.69) is 9.98 Å². The van der Waals surface area contributed by atoms with E-state index in [-0.39, 0.29) is 29.0 Å². The smallest absolute Gasteiger partial charge is 0.161 e. The van der Waals surface area contributed by atoms with Gasteiger partial charge in [0, 0.05) is 5.92 Å². The van der Waals surface area contributed by atoms with Crippen LogP contribution in [0.15, 0.2) is 9.98 Å². The van der Waals surface area contributed by atoms with Crippen molar-refractivity contribution in [1.29, 1.82) is 0 Å². The summed E-state index contributed by atoms with van der Waals surface area (Å²) < 4.78 is 0. The SMILES string of the molecule is CC(=O)C1CCC2N=C(Cl)C(Cl)=NC2C1. The fraction of sp³-hybridized carbons (Fsp3) is 0.700. The molecule has 0 bridgehead atoms. The Morgan fingerprint density at radius 3 is 2.40 bits per heavy atom. The first-order valence-electron chi connectivity index (χ1n) is 5.05.